The number of benzene rings is 1. The van der Waals surface area contributed by atoms with E-state index >= 15 is 0 Å². The molecular formula is C25H34N4O6. The van der Waals surface area contributed by atoms with Crippen LogP contribution in [0.5, 0.6) is 0 Å². The number of amides is 5. The Morgan fingerprint density at radius 1 is 1.09 bits per heavy atom. The second-order valence-electron chi connectivity index (χ2n) is 9.40. The van der Waals surface area contributed by atoms with Crippen molar-refractivity contribution in [2.24, 2.45) is 5.92 Å². The molecule has 2 aliphatic heterocycles. The van der Waals surface area contributed by atoms with E-state index in [-0.39, 0.29) is 31.3 Å². The Labute approximate surface area is 205 Å². The van der Waals surface area contributed by atoms with Crippen molar-refractivity contribution in [2.45, 2.75) is 77.1 Å². The second kappa shape index (κ2) is 12.4. The monoisotopic (exact) mass is 486 g/mol. The van der Waals surface area contributed by atoms with Gasteiger partial charge in [-0.2, -0.15) is 4.90 Å². The molecule has 3 atom stereocenters. The molecule has 190 valence electrons. The molecule has 10 heteroatoms. The summed E-state index contributed by atoms with van der Waals surface area (Å²) in [6.07, 6.45) is 1.86. The number of nitrogens with one attached hydrogen (secondary N) is 3. The van der Waals surface area contributed by atoms with E-state index in [0.29, 0.717) is 29.8 Å². The first-order valence-electron chi connectivity index (χ1n) is 12.2. The Bertz CT molecular complexity index is 929. The fourth-order valence-electron chi connectivity index (χ4n) is 4.22. The molecule has 5 amide bonds. The summed E-state index contributed by atoms with van der Waals surface area (Å²) in [6.45, 7) is 4.23. The highest BCUT2D eigenvalue weighted by Crippen LogP contribution is 2.16. The van der Waals surface area contributed by atoms with Gasteiger partial charge < -0.3 is 20.7 Å². The van der Waals surface area contributed by atoms with Crippen LogP contribution in [-0.4, -0.2) is 59.3 Å². The lowest BCUT2D eigenvalue weighted by atomic mass is 10.00. The number of carbonyl (C=O) groups excluding carboxylic acids is 5. The number of ether oxygens (including phenoxy) is 1. The SMILES string of the molecule is CC(C)C[C@H](NC(=O)[C@@H]1CCC(=O)N1)C(=O)N(C(=O)OCc1ccccc1)C(=O)C1CCCCN1. The van der Waals surface area contributed by atoms with Crippen LogP contribution in [0.2, 0.25) is 0 Å². The molecule has 0 radical (unpaired) electrons. The lowest BCUT2D eigenvalue weighted by Gasteiger charge is -2.30. The van der Waals surface area contributed by atoms with Crippen LogP contribution in [0.3, 0.4) is 0 Å². The van der Waals surface area contributed by atoms with Crippen LogP contribution in [0.4, 0.5) is 4.79 Å². The highest BCUT2D eigenvalue weighted by atomic mass is 16.6. The van der Waals surface area contributed by atoms with E-state index in [0.717, 1.165) is 12.8 Å². The summed E-state index contributed by atoms with van der Waals surface area (Å²) in [5.74, 6) is -2.30. The molecule has 2 fully saturated rings. The highest BCUT2D eigenvalue weighted by molar-refractivity contribution is 6.12. The molecule has 0 aromatic heterocycles. The number of carbonyl (C=O) groups is 5. The van der Waals surface area contributed by atoms with Crippen LogP contribution in [-0.2, 0) is 30.5 Å². The van der Waals surface area contributed by atoms with Crippen molar-refractivity contribution in [2.75, 3.05) is 6.54 Å². The average molecular weight is 487 g/mol. The van der Waals surface area contributed by atoms with Gasteiger partial charge in [-0.1, -0.05) is 50.6 Å². The molecule has 0 saturated carbocycles. The summed E-state index contributed by atoms with van der Waals surface area (Å²) in [6, 6.07) is 6.37. The Morgan fingerprint density at radius 2 is 1.83 bits per heavy atom. The van der Waals surface area contributed by atoms with E-state index < -0.39 is 41.9 Å². The average Bonchev–Trinajstić information content (AvgIpc) is 3.29. The summed E-state index contributed by atoms with van der Waals surface area (Å²) in [4.78, 5) is 64.8. The Hall–Kier alpha value is -3.27. The number of hydrogen-bond donors (Lipinski definition) is 3. The highest BCUT2D eigenvalue weighted by Gasteiger charge is 2.40. The van der Waals surface area contributed by atoms with Crippen LogP contribution < -0.4 is 16.0 Å². The number of imide groups is 3. The first-order valence-corrected chi connectivity index (χ1v) is 12.2. The van der Waals surface area contributed by atoms with Gasteiger partial charge in [-0.25, -0.2) is 4.79 Å². The number of hydrogen-bond acceptors (Lipinski definition) is 7. The van der Waals surface area contributed by atoms with Gasteiger partial charge in [0, 0.05) is 6.42 Å². The van der Waals surface area contributed by atoms with Gasteiger partial charge in [-0.05, 0) is 43.7 Å². The van der Waals surface area contributed by atoms with Gasteiger partial charge in [0.05, 0.1) is 6.04 Å². The Balaban J connectivity index is 1.80. The van der Waals surface area contributed by atoms with Crippen molar-refractivity contribution in [1.29, 1.82) is 0 Å². The fourth-order valence-corrected chi connectivity index (χ4v) is 4.22. The van der Waals surface area contributed by atoms with Crippen LogP contribution >= 0.6 is 0 Å². The van der Waals surface area contributed by atoms with E-state index in [9.17, 15) is 24.0 Å². The zero-order chi connectivity index (χ0) is 25.4. The molecule has 0 aliphatic carbocycles. The van der Waals surface area contributed by atoms with Crippen LogP contribution in [0.15, 0.2) is 30.3 Å². The molecule has 35 heavy (non-hydrogen) atoms. The van der Waals surface area contributed by atoms with E-state index in [4.69, 9.17) is 4.74 Å². The Morgan fingerprint density at radius 3 is 2.43 bits per heavy atom. The van der Waals surface area contributed by atoms with Crippen molar-refractivity contribution in [3.05, 3.63) is 35.9 Å². The van der Waals surface area contributed by atoms with E-state index in [1.54, 1.807) is 24.3 Å². The molecule has 10 nitrogen and oxygen atoms in total. The smallest absolute Gasteiger partial charge is 0.423 e. The summed E-state index contributed by atoms with van der Waals surface area (Å²) in [7, 11) is 0. The normalized spacial score (nSPS) is 20.6. The van der Waals surface area contributed by atoms with E-state index in [1.165, 1.54) is 0 Å². The minimum absolute atomic E-state index is 0.0208. The predicted octanol–water partition coefficient (Wildman–Crippen LogP) is 1.63. The van der Waals surface area contributed by atoms with Gasteiger partial charge in [0.2, 0.25) is 11.8 Å². The van der Waals surface area contributed by atoms with Crippen molar-refractivity contribution >= 4 is 29.7 Å². The maximum Gasteiger partial charge on any atom is 0.423 e. The van der Waals surface area contributed by atoms with Crippen molar-refractivity contribution < 1.29 is 28.7 Å². The molecule has 2 saturated heterocycles. The molecule has 1 aromatic carbocycles. The van der Waals surface area contributed by atoms with Crippen LogP contribution in [0, 0.1) is 5.92 Å². The van der Waals surface area contributed by atoms with E-state index in [2.05, 4.69) is 16.0 Å². The van der Waals surface area contributed by atoms with Gasteiger partial charge in [-0.3, -0.25) is 19.2 Å². The summed E-state index contributed by atoms with van der Waals surface area (Å²) in [5, 5.41) is 8.29. The van der Waals surface area contributed by atoms with Crippen LogP contribution in [0.25, 0.3) is 0 Å². The van der Waals surface area contributed by atoms with Gasteiger partial charge in [0.15, 0.2) is 0 Å². The first kappa shape index (κ1) is 26.3. The molecular weight excluding hydrogens is 452 g/mol. The molecule has 2 heterocycles. The minimum Gasteiger partial charge on any atom is -0.444 e. The van der Waals surface area contributed by atoms with Crippen molar-refractivity contribution in [3.8, 4) is 0 Å². The summed E-state index contributed by atoms with van der Waals surface area (Å²) >= 11 is 0. The van der Waals surface area contributed by atoms with Gasteiger partial charge in [0.1, 0.15) is 18.7 Å². The number of rotatable bonds is 8. The Kier molecular flexibility index (Phi) is 9.36. The maximum absolute atomic E-state index is 13.6. The third kappa shape index (κ3) is 7.35. The molecule has 1 aromatic rings. The van der Waals surface area contributed by atoms with Gasteiger partial charge >= 0.3 is 6.09 Å². The molecule has 2 aliphatic rings. The largest absolute Gasteiger partial charge is 0.444 e. The third-order valence-electron chi connectivity index (χ3n) is 6.07. The quantitative estimate of drug-likeness (QED) is 0.508. The topological polar surface area (TPSA) is 134 Å². The molecule has 0 bridgehead atoms. The number of piperidine rings is 1. The second-order valence-corrected chi connectivity index (χ2v) is 9.40. The summed E-state index contributed by atoms with van der Waals surface area (Å²) in [5.41, 5.74) is 0.709. The maximum atomic E-state index is 13.6. The van der Waals surface area contributed by atoms with Gasteiger partial charge in [0.25, 0.3) is 11.8 Å². The van der Waals surface area contributed by atoms with Gasteiger partial charge in [-0.15, -0.1) is 0 Å². The lowest BCUT2D eigenvalue weighted by molar-refractivity contribution is -0.147. The number of nitrogens with zero attached hydrogens (tertiary/aromatic N) is 1. The lowest BCUT2D eigenvalue weighted by Crippen LogP contribution is -2.59. The third-order valence-corrected chi connectivity index (χ3v) is 6.07. The first-order chi connectivity index (χ1) is 16.8. The van der Waals surface area contributed by atoms with Crippen molar-refractivity contribution in [1.82, 2.24) is 20.9 Å². The molecule has 0 spiro atoms. The van der Waals surface area contributed by atoms with E-state index in [1.807, 2.05) is 19.9 Å². The zero-order valence-electron chi connectivity index (χ0n) is 20.2. The molecule has 3 rings (SSSR count). The minimum atomic E-state index is -1.13. The standard InChI is InChI=1S/C25H34N4O6/c1-16(2)14-20(28-22(31)18-11-12-21(30)27-18)24(33)29(23(32)19-10-6-7-13-26-19)25(34)35-15-17-8-4-3-5-9-17/h3-5,8-9,16,18-20,26H,6-7,10-15H2,1-2H3,(H,27,30)(H,28,31)/t18-,19?,20-/m0/s1. The van der Waals surface area contributed by atoms with Crippen molar-refractivity contribution in [3.63, 3.8) is 0 Å². The molecule has 3 N–H and O–H groups in total. The molecule has 1 unspecified atom stereocenters. The zero-order valence-corrected chi connectivity index (χ0v) is 20.2. The summed E-state index contributed by atoms with van der Waals surface area (Å²) < 4.78 is 5.35. The van der Waals surface area contributed by atoms with Crippen LogP contribution in [0.1, 0.15) is 57.9 Å². The predicted molar refractivity (Wildman–Crippen MR) is 127 cm³/mol. The fraction of sp³-hybridized carbons (Fsp3) is 0.560.